The van der Waals surface area contributed by atoms with E-state index in [1.807, 2.05) is 18.2 Å². The number of hydrogen-bond acceptors (Lipinski definition) is 2. The number of amides is 1. The third kappa shape index (κ3) is 4.62. The van der Waals surface area contributed by atoms with Crippen LogP contribution in [0.4, 0.5) is 13.2 Å². The number of nitrogens with zero attached hydrogens (tertiary/aromatic N) is 1. The lowest BCUT2D eigenvalue weighted by Crippen LogP contribution is -2.34. The lowest BCUT2D eigenvalue weighted by Gasteiger charge is -2.29. The SMILES string of the molecule is O=C(O)[C@@H]1CN(C(=O)CC2CCC(c3ccccc3)CC2)C[C@H]1C(F)(F)F. The molecule has 0 bridgehead atoms. The molecule has 0 aromatic heterocycles. The summed E-state index contributed by atoms with van der Waals surface area (Å²) in [6.07, 6.45) is -0.742. The Bertz CT molecular complexity index is 669. The Morgan fingerprint density at radius 1 is 1.04 bits per heavy atom. The number of carboxylic acid groups (broad SMARTS) is 1. The van der Waals surface area contributed by atoms with Crippen molar-refractivity contribution in [2.75, 3.05) is 13.1 Å². The predicted octanol–water partition coefficient (Wildman–Crippen LogP) is 4.07. The predicted molar refractivity (Wildman–Crippen MR) is 93.0 cm³/mol. The van der Waals surface area contributed by atoms with Crippen molar-refractivity contribution in [3.05, 3.63) is 35.9 Å². The fourth-order valence-corrected chi connectivity index (χ4v) is 4.39. The Morgan fingerprint density at radius 2 is 1.67 bits per heavy atom. The number of aliphatic carboxylic acids is 1. The molecule has 4 nitrogen and oxygen atoms in total. The minimum Gasteiger partial charge on any atom is -0.481 e. The second-order valence-electron chi connectivity index (χ2n) is 7.72. The summed E-state index contributed by atoms with van der Waals surface area (Å²) in [4.78, 5) is 24.7. The lowest BCUT2D eigenvalue weighted by atomic mass is 9.77. The number of halogens is 3. The van der Waals surface area contributed by atoms with Gasteiger partial charge in [0.2, 0.25) is 5.91 Å². The van der Waals surface area contributed by atoms with E-state index < -0.39 is 30.5 Å². The van der Waals surface area contributed by atoms with Gasteiger partial charge in [-0.2, -0.15) is 13.2 Å². The monoisotopic (exact) mass is 383 g/mol. The molecule has 7 heteroatoms. The highest BCUT2D eigenvalue weighted by molar-refractivity contribution is 5.79. The summed E-state index contributed by atoms with van der Waals surface area (Å²) in [5, 5.41) is 9.07. The van der Waals surface area contributed by atoms with Crippen molar-refractivity contribution in [3.8, 4) is 0 Å². The van der Waals surface area contributed by atoms with Crippen LogP contribution in [-0.4, -0.2) is 41.1 Å². The van der Waals surface area contributed by atoms with Gasteiger partial charge in [-0.1, -0.05) is 30.3 Å². The fourth-order valence-electron chi connectivity index (χ4n) is 4.39. The maximum absolute atomic E-state index is 13.1. The molecule has 2 atom stereocenters. The van der Waals surface area contributed by atoms with Gasteiger partial charge >= 0.3 is 12.1 Å². The van der Waals surface area contributed by atoms with Crippen molar-refractivity contribution in [1.29, 1.82) is 0 Å². The van der Waals surface area contributed by atoms with Crippen molar-refractivity contribution >= 4 is 11.9 Å². The molecule has 1 N–H and O–H groups in total. The Morgan fingerprint density at radius 3 is 2.19 bits per heavy atom. The fraction of sp³-hybridized carbons (Fsp3) is 0.600. The molecular formula is C20H24F3NO3. The molecule has 1 saturated carbocycles. The molecular weight excluding hydrogens is 359 g/mol. The molecule has 27 heavy (non-hydrogen) atoms. The van der Waals surface area contributed by atoms with Crippen LogP contribution in [0.1, 0.15) is 43.6 Å². The molecule has 3 rings (SSSR count). The molecule has 148 valence electrons. The Balaban J connectivity index is 1.53. The number of likely N-dealkylation sites (tertiary alicyclic amines) is 1. The van der Waals surface area contributed by atoms with E-state index in [1.54, 1.807) is 0 Å². The van der Waals surface area contributed by atoms with Gasteiger partial charge in [-0.3, -0.25) is 9.59 Å². The van der Waals surface area contributed by atoms with E-state index in [0.717, 1.165) is 30.6 Å². The number of carbonyl (C=O) groups is 2. The second kappa shape index (κ2) is 7.90. The van der Waals surface area contributed by atoms with Crippen molar-refractivity contribution in [1.82, 2.24) is 4.90 Å². The van der Waals surface area contributed by atoms with Gasteiger partial charge in [-0.05, 0) is 43.1 Å². The third-order valence-corrected chi connectivity index (χ3v) is 5.99. The highest BCUT2D eigenvalue weighted by Crippen LogP contribution is 2.40. The van der Waals surface area contributed by atoms with Crippen molar-refractivity contribution < 1.29 is 27.9 Å². The first kappa shape index (κ1) is 19.7. The summed E-state index contributed by atoms with van der Waals surface area (Å²) in [5.74, 6) is -4.76. The van der Waals surface area contributed by atoms with Crippen LogP contribution >= 0.6 is 0 Å². The van der Waals surface area contributed by atoms with Crippen molar-refractivity contribution in [3.63, 3.8) is 0 Å². The van der Waals surface area contributed by atoms with Crippen LogP contribution in [0.15, 0.2) is 30.3 Å². The quantitative estimate of drug-likeness (QED) is 0.853. The number of alkyl halides is 3. The average molecular weight is 383 g/mol. The zero-order valence-corrected chi connectivity index (χ0v) is 15.0. The lowest BCUT2D eigenvalue weighted by molar-refractivity contribution is -0.188. The van der Waals surface area contributed by atoms with Crippen LogP contribution in [0.5, 0.6) is 0 Å². The van der Waals surface area contributed by atoms with Gasteiger partial charge in [0.25, 0.3) is 0 Å². The van der Waals surface area contributed by atoms with Crippen molar-refractivity contribution in [2.24, 2.45) is 17.8 Å². The number of carbonyl (C=O) groups excluding carboxylic acids is 1. The van der Waals surface area contributed by atoms with Crippen LogP contribution in [0.25, 0.3) is 0 Å². The minimum absolute atomic E-state index is 0.158. The molecule has 0 unspecified atom stereocenters. The molecule has 2 fully saturated rings. The Labute approximate surface area is 156 Å². The van der Waals surface area contributed by atoms with Crippen LogP contribution in [-0.2, 0) is 9.59 Å². The molecule has 1 heterocycles. The largest absolute Gasteiger partial charge is 0.481 e. The normalized spacial score (nSPS) is 28.9. The molecule has 1 aliphatic heterocycles. The number of hydrogen-bond donors (Lipinski definition) is 1. The Kier molecular flexibility index (Phi) is 5.77. The van der Waals surface area contributed by atoms with Crippen LogP contribution in [0.2, 0.25) is 0 Å². The number of rotatable bonds is 4. The molecule has 0 radical (unpaired) electrons. The first-order valence-corrected chi connectivity index (χ1v) is 9.38. The zero-order valence-electron chi connectivity index (χ0n) is 15.0. The summed E-state index contributed by atoms with van der Waals surface area (Å²) in [5.41, 5.74) is 1.29. The molecule has 1 aliphatic carbocycles. The van der Waals surface area contributed by atoms with E-state index in [0.29, 0.717) is 5.92 Å². The van der Waals surface area contributed by atoms with Crippen LogP contribution < -0.4 is 0 Å². The summed E-state index contributed by atoms with van der Waals surface area (Å²) in [6.45, 7) is -0.892. The smallest absolute Gasteiger partial charge is 0.394 e. The van der Waals surface area contributed by atoms with Gasteiger partial charge in [-0.25, -0.2) is 0 Å². The molecule has 1 amide bonds. The highest BCUT2D eigenvalue weighted by atomic mass is 19.4. The van der Waals surface area contributed by atoms with E-state index in [4.69, 9.17) is 5.11 Å². The summed E-state index contributed by atoms with van der Waals surface area (Å²) in [7, 11) is 0. The van der Waals surface area contributed by atoms with E-state index in [-0.39, 0.29) is 24.8 Å². The maximum atomic E-state index is 13.1. The van der Waals surface area contributed by atoms with Crippen LogP contribution in [0.3, 0.4) is 0 Å². The minimum atomic E-state index is -4.61. The topological polar surface area (TPSA) is 57.6 Å². The number of carboxylic acids is 1. The molecule has 1 aromatic carbocycles. The van der Waals surface area contributed by atoms with Crippen LogP contribution in [0, 0.1) is 17.8 Å². The van der Waals surface area contributed by atoms with E-state index in [9.17, 15) is 22.8 Å². The van der Waals surface area contributed by atoms with Gasteiger partial charge in [0.1, 0.15) is 0 Å². The first-order chi connectivity index (χ1) is 12.8. The summed E-state index contributed by atoms with van der Waals surface area (Å²) >= 11 is 0. The molecule has 0 spiro atoms. The standard InChI is InChI=1S/C20H24F3NO3/c21-20(22,23)17-12-24(11-16(17)19(26)27)18(25)10-13-6-8-15(9-7-13)14-4-2-1-3-5-14/h1-5,13,15-17H,6-12H2,(H,26,27)/t13?,15?,16-,17-/m1/s1. The van der Waals surface area contributed by atoms with Gasteiger partial charge in [0.15, 0.2) is 0 Å². The van der Waals surface area contributed by atoms with E-state index in [2.05, 4.69) is 12.1 Å². The van der Waals surface area contributed by atoms with Gasteiger partial charge in [-0.15, -0.1) is 0 Å². The van der Waals surface area contributed by atoms with Gasteiger partial charge in [0.05, 0.1) is 11.8 Å². The van der Waals surface area contributed by atoms with Gasteiger partial charge < -0.3 is 10.0 Å². The molecule has 1 saturated heterocycles. The van der Waals surface area contributed by atoms with Gasteiger partial charge in [0, 0.05) is 19.5 Å². The van der Waals surface area contributed by atoms with Crippen molar-refractivity contribution in [2.45, 2.75) is 44.2 Å². The summed E-state index contributed by atoms with van der Waals surface area (Å²) < 4.78 is 39.2. The highest BCUT2D eigenvalue weighted by Gasteiger charge is 2.53. The number of benzene rings is 1. The zero-order chi connectivity index (χ0) is 19.6. The summed E-state index contributed by atoms with van der Waals surface area (Å²) in [6, 6.07) is 10.2. The van der Waals surface area contributed by atoms with E-state index in [1.165, 1.54) is 5.56 Å². The average Bonchev–Trinajstić information content (AvgIpc) is 3.09. The molecule has 2 aliphatic rings. The maximum Gasteiger partial charge on any atom is 0.394 e. The van der Waals surface area contributed by atoms with E-state index >= 15 is 0 Å². The third-order valence-electron chi connectivity index (χ3n) is 5.99. The Hall–Kier alpha value is -2.05. The second-order valence-corrected chi connectivity index (χ2v) is 7.72. The molecule has 1 aromatic rings. The first-order valence-electron chi connectivity index (χ1n) is 9.38.